The molecule has 0 N–H and O–H groups in total. The molecule has 0 fully saturated rings. The van der Waals surface area contributed by atoms with Crippen LogP contribution in [0.5, 0.6) is 0 Å². The van der Waals surface area contributed by atoms with Crippen molar-refractivity contribution in [2.45, 2.75) is 0 Å². The summed E-state index contributed by atoms with van der Waals surface area (Å²) in [6, 6.07) is 79.0. The maximum Gasteiger partial charge on any atom is 0.164 e. The van der Waals surface area contributed by atoms with Gasteiger partial charge in [-0.25, -0.2) is 15.0 Å². The number of benzene rings is 9. The quantitative estimate of drug-likeness (QED) is 0.156. The summed E-state index contributed by atoms with van der Waals surface area (Å²) in [5, 5.41) is 2.26. The highest BCUT2D eigenvalue weighted by Crippen LogP contribution is 2.41. The Morgan fingerprint density at radius 2 is 0.534 bits per heavy atom. The van der Waals surface area contributed by atoms with E-state index in [4.69, 9.17) is 15.0 Å². The smallest absolute Gasteiger partial charge is 0.164 e. The highest BCUT2D eigenvalue weighted by Gasteiger charge is 2.16. The second-order valence-electron chi connectivity index (χ2n) is 14.4. The molecule has 272 valence electrons. The van der Waals surface area contributed by atoms with Gasteiger partial charge in [-0.1, -0.05) is 212 Å². The molecule has 9 aromatic carbocycles. The molecular formula is C55H37N3. The highest BCUT2D eigenvalue weighted by molar-refractivity contribution is 5.98. The summed E-state index contributed by atoms with van der Waals surface area (Å²) in [5.41, 5.74) is 14.6. The van der Waals surface area contributed by atoms with E-state index in [9.17, 15) is 0 Å². The van der Waals surface area contributed by atoms with Crippen LogP contribution in [0.25, 0.3) is 101 Å². The minimum Gasteiger partial charge on any atom is -0.208 e. The molecule has 0 aliphatic heterocycles. The van der Waals surface area contributed by atoms with Crippen LogP contribution in [0.15, 0.2) is 224 Å². The first-order valence-corrected chi connectivity index (χ1v) is 19.6. The molecule has 10 rings (SSSR count). The third-order valence-electron chi connectivity index (χ3n) is 10.8. The van der Waals surface area contributed by atoms with E-state index >= 15 is 0 Å². The third-order valence-corrected chi connectivity index (χ3v) is 10.8. The van der Waals surface area contributed by atoms with Crippen molar-refractivity contribution in [2.75, 3.05) is 0 Å². The molecule has 0 unspecified atom stereocenters. The molecule has 0 amide bonds. The lowest BCUT2D eigenvalue weighted by Gasteiger charge is -2.17. The predicted molar refractivity (Wildman–Crippen MR) is 241 cm³/mol. The summed E-state index contributed by atoms with van der Waals surface area (Å²) in [4.78, 5) is 15.3. The average molecular weight is 740 g/mol. The number of aromatic nitrogens is 3. The van der Waals surface area contributed by atoms with Crippen molar-refractivity contribution in [3.63, 3.8) is 0 Å². The van der Waals surface area contributed by atoms with Crippen molar-refractivity contribution >= 4 is 10.8 Å². The Kier molecular flexibility index (Phi) is 9.23. The van der Waals surface area contributed by atoms with Crippen LogP contribution in [0.1, 0.15) is 0 Å². The summed E-state index contributed by atoms with van der Waals surface area (Å²) in [5.74, 6) is 1.90. The van der Waals surface area contributed by atoms with Crippen LogP contribution < -0.4 is 0 Å². The zero-order valence-corrected chi connectivity index (χ0v) is 31.7. The molecule has 0 spiro atoms. The van der Waals surface area contributed by atoms with Crippen molar-refractivity contribution in [1.29, 1.82) is 0 Å². The molecule has 10 aromatic rings. The van der Waals surface area contributed by atoms with Gasteiger partial charge in [0.15, 0.2) is 17.5 Å². The molecule has 1 heterocycles. The van der Waals surface area contributed by atoms with Gasteiger partial charge in [0.25, 0.3) is 0 Å². The lowest BCUT2D eigenvalue weighted by Crippen LogP contribution is -2.00. The zero-order chi connectivity index (χ0) is 38.7. The molecule has 1 aromatic heterocycles. The summed E-state index contributed by atoms with van der Waals surface area (Å²) < 4.78 is 0. The fraction of sp³-hybridized carbons (Fsp3) is 0. The molecule has 0 saturated carbocycles. The van der Waals surface area contributed by atoms with E-state index in [0.29, 0.717) is 17.5 Å². The molecular weight excluding hydrogens is 703 g/mol. The van der Waals surface area contributed by atoms with Gasteiger partial charge in [0, 0.05) is 16.7 Å². The first-order chi connectivity index (χ1) is 28.7. The van der Waals surface area contributed by atoms with Crippen LogP contribution in [-0.4, -0.2) is 15.0 Å². The van der Waals surface area contributed by atoms with E-state index < -0.39 is 0 Å². The summed E-state index contributed by atoms with van der Waals surface area (Å²) in [6.07, 6.45) is 0. The van der Waals surface area contributed by atoms with Gasteiger partial charge in [-0.05, 0) is 78.5 Å². The largest absolute Gasteiger partial charge is 0.208 e. The first kappa shape index (κ1) is 34.7. The van der Waals surface area contributed by atoms with Crippen LogP contribution in [-0.2, 0) is 0 Å². The van der Waals surface area contributed by atoms with E-state index in [2.05, 4.69) is 212 Å². The molecule has 0 atom stereocenters. The molecule has 0 saturated heterocycles. The molecule has 0 aliphatic carbocycles. The zero-order valence-electron chi connectivity index (χ0n) is 31.7. The van der Waals surface area contributed by atoms with Crippen LogP contribution in [0.4, 0.5) is 0 Å². The second kappa shape index (κ2) is 15.4. The Balaban J connectivity index is 1.05. The Bertz CT molecular complexity index is 2900. The third kappa shape index (κ3) is 6.98. The Morgan fingerprint density at radius 1 is 0.207 bits per heavy atom. The minimum atomic E-state index is 0.632. The van der Waals surface area contributed by atoms with Gasteiger partial charge >= 0.3 is 0 Å². The molecule has 3 heteroatoms. The minimum absolute atomic E-state index is 0.632. The number of hydrogen-bond acceptors (Lipinski definition) is 3. The SMILES string of the molecule is c1ccc(-c2ccc(-c3nc(-c4ccc(-c5ccccc5)cc4)nc(-c4ccc5cc(-c6cccc(-c7ccccc7)c6-c6ccccc6)ccc5c4)n3)cc2)cc1. The Hall–Kier alpha value is -7.75. The topological polar surface area (TPSA) is 38.7 Å². The van der Waals surface area contributed by atoms with E-state index in [1.807, 2.05) is 12.1 Å². The van der Waals surface area contributed by atoms with Crippen molar-refractivity contribution in [1.82, 2.24) is 15.0 Å². The fourth-order valence-corrected chi connectivity index (χ4v) is 7.77. The highest BCUT2D eigenvalue weighted by atomic mass is 15.0. The summed E-state index contributed by atoms with van der Waals surface area (Å²) in [7, 11) is 0. The van der Waals surface area contributed by atoms with Crippen molar-refractivity contribution in [3.05, 3.63) is 224 Å². The van der Waals surface area contributed by atoms with E-state index in [0.717, 1.165) is 38.6 Å². The van der Waals surface area contributed by atoms with Crippen LogP contribution in [0.3, 0.4) is 0 Å². The first-order valence-electron chi connectivity index (χ1n) is 19.6. The molecule has 3 nitrogen and oxygen atoms in total. The van der Waals surface area contributed by atoms with E-state index in [1.54, 1.807) is 0 Å². The summed E-state index contributed by atoms with van der Waals surface area (Å²) >= 11 is 0. The van der Waals surface area contributed by atoms with Gasteiger partial charge in [-0.3, -0.25) is 0 Å². The fourth-order valence-electron chi connectivity index (χ4n) is 7.77. The van der Waals surface area contributed by atoms with Crippen molar-refractivity contribution < 1.29 is 0 Å². The van der Waals surface area contributed by atoms with Crippen LogP contribution >= 0.6 is 0 Å². The average Bonchev–Trinajstić information content (AvgIpc) is 3.32. The maximum atomic E-state index is 5.10. The van der Waals surface area contributed by atoms with Gasteiger partial charge in [0.1, 0.15) is 0 Å². The maximum absolute atomic E-state index is 5.10. The van der Waals surface area contributed by atoms with Gasteiger partial charge < -0.3 is 0 Å². The normalized spacial score (nSPS) is 11.1. The number of nitrogens with zero attached hydrogens (tertiary/aromatic N) is 3. The number of hydrogen-bond donors (Lipinski definition) is 0. The van der Waals surface area contributed by atoms with E-state index in [1.165, 1.54) is 44.5 Å². The molecule has 0 radical (unpaired) electrons. The molecule has 0 bridgehead atoms. The van der Waals surface area contributed by atoms with Gasteiger partial charge in [0.2, 0.25) is 0 Å². The van der Waals surface area contributed by atoms with E-state index in [-0.39, 0.29) is 0 Å². The van der Waals surface area contributed by atoms with Gasteiger partial charge in [-0.2, -0.15) is 0 Å². The molecule has 58 heavy (non-hydrogen) atoms. The second-order valence-corrected chi connectivity index (χ2v) is 14.4. The molecule has 0 aliphatic rings. The Labute approximate surface area is 338 Å². The lowest BCUT2D eigenvalue weighted by molar-refractivity contribution is 1.07. The van der Waals surface area contributed by atoms with Gasteiger partial charge in [-0.15, -0.1) is 0 Å². The summed E-state index contributed by atoms with van der Waals surface area (Å²) in [6.45, 7) is 0. The van der Waals surface area contributed by atoms with Crippen LogP contribution in [0, 0.1) is 0 Å². The monoisotopic (exact) mass is 739 g/mol. The van der Waals surface area contributed by atoms with Crippen molar-refractivity contribution in [2.24, 2.45) is 0 Å². The van der Waals surface area contributed by atoms with Crippen LogP contribution in [0.2, 0.25) is 0 Å². The number of rotatable bonds is 8. The Morgan fingerprint density at radius 3 is 1.02 bits per heavy atom. The standard InChI is InChI=1S/C55H37N3/c1-5-14-38(15-6-1)40-24-28-44(29-25-40)53-56-54(45-30-26-41(27-31-45)39-16-7-2-8-17-39)58-55(57-53)49-35-33-46-36-48(34-32-47(46)37-49)51-23-13-22-50(42-18-9-3-10-19-42)52(51)43-20-11-4-12-21-43/h1-37H. The van der Waals surface area contributed by atoms with Gasteiger partial charge in [0.05, 0.1) is 0 Å². The lowest BCUT2D eigenvalue weighted by atomic mass is 9.87. The van der Waals surface area contributed by atoms with Crippen molar-refractivity contribution in [3.8, 4) is 89.8 Å². The predicted octanol–water partition coefficient (Wildman–Crippen LogP) is 14.4. The number of fused-ring (bicyclic) bond motifs is 1.